The number of carbonyl (C=O) groups excluding carboxylic acids is 1. The molecule has 6 nitrogen and oxygen atoms in total. The van der Waals surface area contributed by atoms with Crippen molar-refractivity contribution in [2.75, 3.05) is 32.1 Å². The van der Waals surface area contributed by atoms with E-state index >= 15 is 0 Å². The molecular weight excluding hydrogens is 495 g/mol. The van der Waals surface area contributed by atoms with Crippen molar-refractivity contribution < 1.29 is 22.7 Å². The van der Waals surface area contributed by atoms with Crippen molar-refractivity contribution in [3.8, 4) is 5.75 Å². The zero-order valence-corrected chi connectivity index (χ0v) is 20.8. The summed E-state index contributed by atoms with van der Waals surface area (Å²) in [7, 11) is 3.43. The van der Waals surface area contributed by atoms with Crippen LogP contribution in [0, 0.1) is 0 Å². The molecule has 1 saturated heterocycles. The lowest BCUT2D eigenvalue weighted by Crippen LogP contribution is -2.42. The van der Waals surface area contributed by atoms with E-state index in [2.05, 4.69) is 0 Å². The molecule has 0 spiro atoms. The van der Waals surface area contributed by atoms with Crippen LogP contribution >= 0.6 is 11.6 Å². The van der Waals surface area contributed by atoms with Crippen molar-refractivity contribution >= 4 is 34.0 Å². The van der Waals surface area contributed by atoms with Gasteiger partial charge in [-0.1, -0.05) is 23.7 Å². The van der Waals surface area contributed by atoms with E-state index in [0.29, 0.717) is 41.9 Å². The van der Waals surface area contributed by atoms with Crippen LogP contribution in [-0.4, -0.2) is 54.8 Å². The SMILES string of the molecule is COc1ccc(Cn2ccc3cc(N(C)C4CCCN(C(=O)C(F)(F)F)CC4)c(Cl)cc3c2=O)cc1. The van der Waals surface area contributed by atoms with E-state index in [9.17, 15) is 22.8 Å². The molecule has 1 unspecified atom stereocenters. The standard InChI is InChI=1S/C26H27ClF3N3O3/c1-31(19-4-3-11-32(13-10-19)25(35)26(28,29)30)23-14-18-9-12-33(24(34)21(18)15-22(23)27)16-17-5-7-20(36-2)8-6-17/h5-9,12,14-15,19H,3-4,10-11,13,16H2,1-2H3. The Morgan fingerprint density at radius 3 is 2.53 bits per heavy atom. The number of likely N-dealkylation sites (tertiary alicyclic amines) is 1. The second kappa shape index (κ2) is 10.4. The third-order valence-corrected chi connectivity index (χ3v) is 7.01. The Morgan fingerprint density at radius 1 is 1.14 bits per heavy atom. The van der Waals surface area contributed by atoms with Crippen LogP contribution in [0.1, 0.15) is 24.8 Å². The van der Waals surface area contributed by atoms with Gasteiger partial charge in [0.15, 0.2) is 0 Å². The number of amides is 1. The summed E-state index contributed by atoms with van der Waals surface area (Å²) in [5, 5.41) is 1.59. The number of pyridine rings is 1. The Labute approximate surface area is 211 Å². The van der Waals surface area contributed by atoms with Gasteiger partial charge in [0.05, 0.1) is 24.4 Å². The number of rotatable bonds is 5. The molecule has 4 rings (SSSR count). The van der Waals surface area contributed by atoms with Crippen molar-refractivity contribution in [3.05, 3.63) is 69.6 Å². The van der Waals surface area contributed by atoms with Crippen molar-refractivity contribution in [1.82, 2.24) is 9.47 Å². The van der Waals surface area contributed by atoms with Crippen molar-refractivity contribution in [2.45, 2.75) is 38.0 Å². The maximum absolute atomic E-state index is 13.2. The van der Waals surface area contributed by atoms with Gasteiger partial charge in [-0.05, 0) is 60.5 Å². The number of carbonyl (C=O) groups is 1. The summed E-state index contributed by atoms with van der Waals surface area (Å²) >= 11 is 6.60. The third kappa shape index (κ3) is 5.46. The smallest absolute Gasteiger partial charge is 0.471 e. The average Bonchev–Trinajstić information content (AvgIpc) is 3.11. The quantitative estimate of drug-likeness (QED) is 0.469. The number of aromatic nitrogens is 1. The highest BCUT2D eigenvalue weighted by atomic mass is 35.5. The van der Waals surface area contributed by atoms with Gasteiger partial charge in [0.2, 0.25) is 0 Å². The van der Waals surface area contributed by atoms with Gasteiger partial charge in [-0.15, -0.1) is 0 Å². The Balaban J connectivity index is 1.54. The Morgan fingerprint density at radius 2 is 1.86 bits per heavy atom. The molecule has 1 amide bonds. The minimum atomic E-state index is -4.87. The molecular formula is C26H27ClF3N3O3. The normalized spacial score (nSPS) is 16.6. The molecule has 0 radical (unpaired) electrons. The van der Waals surface area contributed by atoms with Gasteiger partial charge in [0.1, 0.15) is 5.75 Å². The van der Waals surface area contributed by atoms with Crippen LogP contribution in [0.5, 0.6) is 5.75 Å². The molecule has 1 aromatic heterocycles. The number of fused-ring (bicyclic) bond motifs is 1. The molecule has 2 aromatic carbocycles. The first-order valence-corrected chi connectivity index (χ1v) is 12.0. The van der Waals surface area contributed by atoms with E-state index in [1.54, 1.807) is 23.9 Å². The maximum Gasteiger partial charge on any atom is 0.471 e. The van der Waals surface area contributed by atoms with Crippen LogP contribution in [0.25, 0.3) is 10.8 Å². The minimum absolute atomic E-state index is 0.0224. The van der Waals surface area contributed by atoms with Gasteiger partial charge in [-0.2, -0.15) is 13.2 Å². The molecule has 1 aliphatic heterocycles. The first kappa shape index (κ1) is 25.9. The number of hydrogen-bond acceptors (Lipinski definition) is 4. The molecule has 0 saturated carbocycles. The Bertz CT molecular complexity index is 1310. The van der Waals surface area contributed by atoms with Crippen LogP contribution in [0.3, 0.4) is 0 Å². The number of halogens is 4. The van der Waals surface area contributed by atoms with Crippen LogP contribution in [0.15, 0.2) is 53.5 Å². The molecule has 2 heterocycles. The van der Waals surface area contributed by atoms with E-state index in [1.807, 2.05) is 48.3 Å². The van der Waals surface area contributed by atoms with Crippen LogP contribution in [0.4, 0.5) is 18.9 Å². The molecule has 0 N–H and O–H groups in total. The van der Waals surface area contributed by atoms with Gasteiger partial charge in [-0.25, -0.2) is 0 Å². The first-order chi connectivity index (χ1) is 17.1. The molecule has 1 aliphatic rings. The number of alkyl halides is 3. The summed E-state index contributed by atoms with van der Waals surface area (Å²) in [5.74, 6) is -1.05. The molecule has 1 atom stereocenters. The molecule has 0 aliphatic carbocycles. The molecule has 1 fully saturated rings. The number of hydrogen-bond donors (Lipinski definition) is 0. The number of ether oxygens (including phenoxy) is 1. The van der Waals surface area contributed by atoms with E-state index in [-0.39, 0.29) is 24.7 Å². The van der Waals surface area contributed by atoms with Crippen molar-refractivity contribution in [1.29, 1.82) is 0 Å². The molecule has 10 heteroatoms. The lowest BCUT2D eigenvalue weighted by Gasteiger charge is -2.30. The summed E-state index contributed by atoms with van der Waals surface area (Å²) in [4.78, 5) is 27.6. The summed E-state index contributed by atoms with van der Waals surface area (Å²) in [5.41, 5.74) is 1.47. The predicted molar refractivity (Wildman–Crippen MR) is 134 cm³/mol. The van der Waals surface area contributed by atoms with Gasteiger partial charge in [0, 0.05) is 37.8 Å². The lowest BCUT2D eigenvalue weighted by molar-refractivity contribution is -0.185. The van der Waals surface area contributed by atoms with E-state index in [1.165, 1.54) is 0 Å². The largest absolute Gasteiger partial charge is 0.497 e. The number of anilines is 1. The summed E-state index contributed by atoms with van der Waals surface area (Å²) in [6.07, 6.45) is -1.67. The highest BCUT2D eigenvalue weighted by molar-refractivity contribution is 6.34. The van der Waals surface area contributed by atoms with Gasteiger partial charge >= 0.3 is 12.1 Å². The third-order valence-electron chi connectivity index (χ3n) is 6.71. The fourth-order valence-corrected chi connectivity index (χ4v) is 4.96. The van der Waals surface area contributed by atoms with Crippen molar-refractivity contribution in [3.63, 3.8) is 0 Å². The highest BCUT2D eigenvalue weighted by Crippen LogP contribution is 2.33. The summed E-state index contributed by atoms with van der Waals surface area (Å²) in [6, 6.07) is 12.7. The van der Waals surface area contributed by atoms with Crippen LogP contribution in [-0.2, 0) is 11.3 Å². The number of benzene rings is 2. The zero-order chi connectivity index (χ0) is 26.0. The highest BCUT2D eigenvalue weighted by Gasteiger charge is 2.42. The van der Waals surface area contributed by atoms with E-state index in [4.69, 9.17) is 16.3 Å². The molecule has 192 valence electrons. The van der Waals surface area contributed by atoms with Crippen LogP contribution in [0.2, 0.25) is 5.02 Å². The molecule has 3 aromatic rings. The van der Waals surface area contributed by atoms with Crippen LogP contribution < -0.4 is 15.2 Å². The van der Waals surface area contributed by atoms with E-state index < -0.39 is 12.1 Å². The number of nitrogens with zero attached hydrogens (tertiary/aromatic N) is 3. The molecule has 0 bridgehead atoms. The lowest BCUT2D eigenvalue weighted by atomic mass is 10.1. The predicted octanol–water partition coefficient (Wildman–Crippen LogP) is 5.09. The zero-order valence-electron chi connectivity index (χ0n) is 20.0. The fraction of sp³-hybridized carbons (Fsp3) is 0.385. The fourth-order valence-electron chi connectivity index (χ4n) is 4.66. The summed E-state index contributed by atoms with van der Waals surface area (Å²) in [6.45, 7) is 0.490. The average molecular weight is 522 g/mol. The molecule has 36 heavy (non-hydrogen) atoms. The minimum Gasteiger partial charge on any atom is -0.497 e. The second-order valence-corrected chi connectivity index (χ2v) is 9.38. The monoisotopic (exact) mass is 521 g/mol. The van der Waals surface area contributed by atoms with E-state index in [0.717, 1.165) is 21.6 Å². The maximum atomic E-state index is 13.2. The summed E-state index contributed by atoms with van der Waals surface area (Å²) < 4.78 is 45.3. The van der Waals surface area contributed by atoms with Gasteiger partial charge in [0.25, 0.3) is 5.56 Å². The first-order valence-electron chi connectivity index (χ1n) is 11.6. The van der Waals surface area contributed by atoms with Crippen molar-refractivity contribution in [2.24, 2.45) is 0 Å². The Hall–Kier alpha value is -3.20. The second-order valence-electron chi connectivity index (χ2n) is 8.97. The topological polar surface area (TPSA) is 54.8 Å². The van der Waals surface area contributed by atoms with Gasteiger partial charge in [-0.3, -0.25) is 9.59 Å². The van der Waals surface area contributed by atoms with Gasteiger partial charge < -0.3 is 19.1 Å². The Kier molecular flexibility index (Phi) is 7.49. The number of methoxy groups -OCH3 is 1.